The predicted octanol–water partition coefficient (Wildman–Crippen LogP) is 3.45. The molecule has 1 amide bonds. The van der Waals surface area contributed by atoms with Crippen LogP contribution in [0.1, 0.15) is 28.1 Å². The second-order valence-electron chi connectivity index (χ2n) is 6.23. The van der Waals surface area contributed by atoms with Gasteiger partial charge >= 0.3 is 0 Å². The average Bonchev–Trinajstić information content (AvgIpc) is 3.16. The Morgan fingerprint density at radius 3 is 3.00 bits per heavy atom. The van der Waals surface area contributed by atoms with Gasteiger partial charge in [0.2, 0.25) is 5.91 Å². The van der Waals surface area contributed by atoms with E-state index in [0.29, 0.717) is 23.5 Å². The van der Waals surface area contributed by atoms with Crippen molar-refractivity contribution < 1.29 is 14.3 Å². The lowest BCUT2D eigenvalue weighted by atomic mass is 10.1. The molecule has 1 aromatic carbocycles. The highest BCUT2D eigenvalue weighted by molar-refractivity contribution is 7.73. The molecule has 1 aromatic heterocycles. The molecule has 2 aromatic rings. The van der Waals surface area contributed by atoms with Crippen LogP contribution in [0, 0.1) is 17.8 Å². The topological polar surface area (TPSA) is 63.4 Å². The van der Waals surface area contributed by atoms with Gasteiger partial charge in [0.15, 0.2) is 3.95 Å². The molecule has 25 heavy (non-hydrogen) atoms. The molecule has 0 spiro atoms. The minimum absolute atomic E-state index is 0.0240. The van der Waals surface area contributed by atoms with Crippen LogP contribution in [0.2, 0.25) is 0 Å². The second kappa shape index (κ2) is 8.12. The summed E-state index contributed by atoms with van der Waals surface area (Å²) in [5.41, 5.74) is 3.07. The van der Waals surface area contributed by atoms with Crippen LogP contribution in [-0.2, 0) is 22.5 Å². The van der Waals surface area contributed by atoms with Gasteiger partial charge in [-0.25, -0.2) is 0 Å². The van der Waals surface area contributed by atoms with E-state index >= 15 is 0 Å². The van der Waals surface area contributed by atoms with Gasteiger partial charge in [-0.2, -0.15) is 0 Å². The monoisotopic (exact) mass is 378 g/mol. The van der Waals surface area contributed by atoms with Gasteiger partial charge in [-0.05, 0) is 37.7 Å². The van der Waals surface area contributed by atoms with Crippen molar-refractivity contribution in [1.82, 2.24) is 10.3 Å². The molecule has 1 aliphatic rings. The van der Waals surface area contributed by atoms with E-state index in [0.717, 1.165) is 40.5 Å². The molecular formula is C18H22N2O3S2. The molecule has 1 fully saturated rings. The quantitative estimate of drug-likeness (QED) is 0.756. The summed E-state index contributed by atoms with van der Waals surface area (Å²) in [6.07, 6.45) is 1.32. The SMILES string of the molecule is Cc1ccc(CNC(=O)Cc2sc(=S)[nH]c2C)c(O[C@@H]2CCOC2)c1. The summed E-state index contributed by atoms with van der Waals surface area (Å²) >= 11 is 6.57. The van der Waals surface area contributed by atoms with Crippen LogP contribution in [0.15, 0.2) is 18.2 Å². The number of hydrogen-bond acceptors (Lipinski definition) is 5. The number of aromatic nitrogens is 1. The molecule has 3 rings (SSSR count). The third-order valence-electron chi connectivity index (χ3n) is 4.13. The third kappa shape index (κ3) is 4.90. The van der Waals surface area contributed by atoms with Crippen molar-refractivity contribution in [2.24, 2.45) is 0 Å². The molecule has 7 heteroatoms. The zero-order valence-corrected chi connectivity index (χ0v) is 16.0. The Hall–Kier alpha value is -1.70. The smallest absolute Gasteiger partial charge is 0.225 e. The number of amides is 1. The summed E-state index contributed by atoms with van der Waals surface area (Å²) in [5, 5.41) is 2.98. The molecule has 1 aliphatic heterocycles. The number of nitrogens with one attached hydrogen (secondary N) is 2. The van der Waals surface area contributed by atoms with Gasteiger partial charge in [-0.3, -0.25) is 4.79 Å². The molecule has 134 valence electrons. The van der Waals surface area contributed by atoms with E-state index in [-0.39, 0.29) is 12.0 Å². The fourth-order valence-electron chi connectivity index (χ4n) is 2.71. The van der Waals surface area contributed by atoms with E-state index in [9.17, 15) is 4.79 Å². The molecule has 0 saturated carbocycles. The number of hydrogen-bond donors (Lipinski definition) is 2. The second-order valence-corrected chi connectivity index (χ2v) is 8.00. The van der Waals surface area contributed by atoms with Crippen LogP contribution in [0.4, 0.5) is 0 Å². The van der Waals surface area contributed by atoms with Crippen molar-refractivity contribution in [3.05, 3.63) is 43.9 Å². The van der Waals surface area contributed by atoms with Crippen LogP contribution in [0.25, 0.3) is 0 Å². The summed E-state index contributed by atoms with van der Waals surface area (Å²) in [4.78, 5) is 16.3. The number of aromatic amines is 1. The molecule has 2 heterocycles. The largest absolute Gasteiger partial charge is 0.488 e. The van der Waals surface area contributed by atoms with E-state index < -0.39 is 0 Å². The molecule has 0 aliphatic carbocycles. The molecule has 1 atom stereocenters. The fraction of sp³-hybridized carbons (Fsp3) is 0.444. The number of ether oxygens (including phenoxy) is 2. The molecule has 0 radical (unpaired) electrons. The van der Waals surface area contributed by atoms with Crippen molar-refractivity contribution in [2.45, 2.75) is 39.3 Å². The van der Waals surface area contributed by atoms with Crippen molar-refractivity contribution in [3.8, 4) is 5.75 Å². The Kier molecular flexibility index (Phi) is 5.88. The van der Waals surface area contributed by atoms with Gasteiger partial charge in [0, 0.05) is 29.1 Å². The number of aryl methyl sites for hydroxylation is 2. The van der Waals surface area contributed by atoms with E-state index in [4.69, 9.17) is 21.7 Å². The Labute approximate surface area is 156 Å². The standard InChI is InChI=1S/C18H22N2O3S2/c1-11-3-4-13(15(7-11)23-14-5-6-22-10-14)9-19-17(21)8-16-12(2)20-18(24)25-16/h3-4,7,14H,5-6,8-10H2,1-2H3,(H,19,21)(H,20,24)/t14-/m1/s1. The summed E-state index contributed by atoms with van der Waals surface area (Å²) < 4.78 is 12.1. The highest BCUT2D eigenvalue weighted by Crippen LogP contribution is 2.24. The summed E-state index contributed by atoms with van der Waals surface area (Å²) in [5.74, 6) is 0.799. The summed E-state index contributed by atoms with van der Waals surface area (Å²) in [7, 11) is 0. The Bertz CT molecular complexity index is 807. The highest BCUT2D eigenvalue weighted by atomic mass is 32.1. The van der Waals surface area contributed by atoms with Crippen molar-refractivity contribution in [2.75, 3.05) is 13.2 Å². The summed E-state index contributed by atoms with van der Waals surface area (Å²) in [6.45, 7) is 5.77. The fourth-order valence-corrected chi connectivity index (χ4v) is 4.00. The highest BCUT2D eigenvalue weighted by Gasteiger charge is 2.19. The van der Waals surface area contributed by atoms with Crippen LogP contribution in [0.5, 0.6) is 5.75 Å². The number of rotatable bonds is 6. The van der Waals surface area contributed by atoms with Gasteiger partial charge in [0.25, 0.3) is 0 Å². The zero-order valence-electron chi connectivity index (χ0n) is 14.4. The maximum atomic E-state index is 12.3. The van der Waals surface area contributed by atoms with E-state index in [1.54, 1.807) is 0 Å². The first-order chi connectivity index (χ1) is 12.0. The third-order valence-corrected chi connectivity index (χ3v) is 5.46. The van der Waals surface area contributed by atoms with Gasteiger partial charge in [-0.15, -0.1) is 11.3 Å². The van der Waals surface area contributed by atoms with Crippen LogP contribution >= 0.6 is 23.6 Å². The lowest BCUT2D eigenvalue weighted by Gasteiger charge is -2.16. The molecule has 2 N–H and O–H groups in total. The van der Waals surface area contributed by atoms with Crippen LogP contribution in [0.3, 0.4) is 0 Å². The lowest BCUT2D eigenvalue weighted by Crippen LogP contribution is -2.25. The number of benzene rings is 1. The first-order valence-electron chi connectivity index (χ1n) is 8.30. The maximum absolute atomic E-state index is 12.3. The predicted molar refractivity (Wildman–Crippen MR) is 101 cm³/mol. The zero-order chi connectivity index (χ0) is 17.8. The van der Waals surface area contributed by atoms with Gasteiger partial charge in [-0.1, -0.05) is 12.1 Å². The normalized spacial score (nSPS) is 16.8. The van der Waals surface area contributed by atoms with E-state index in [2.05, 4.69) is 10.3 Å². The van der Waals surface area contributed by atoms with Crippen molar-refractivity contribution in [3.63, 3.8) is 0 Å². The minimum Gasteiger partial charge on any atom is -0.488 e. The Morgan fingerprint density at radius 2 is 2.32 bits per heavy atom. The van der Waals surface area contributed by atoms with Crippen molar-refractivity contribution in [1.29, 1.82) is 0 Å². The van der Waals surface area contributed by atoms with Gasteiger partial charge in [0.05, 0.1) is 19.6 Å². The molecule has 0 unspecified atom stereocenters. The van der Waals surface area contributed by atoms with Gasteiger partial charge < -0.3 is 19.8 Å². The van der Waals surface area contributed by atoms with Crippen LogP contribution in [-0.4, -0.2) is 30.2 Å². The Balaban J connectivity index is 1.62. The minimum atomic E-state index is -0.0240. The molecular weight excluding hydrogens is 356 g/mol. The van der Waals surface area contributed by atoms with Crippen LogP contribution < -0.4 is 10.1 Å². The Morgan fingerprint density at radius 1 is 1.48 bits per heavy atom. The average molecular weight is 379 g/mol. The van der Waals surface area contributed by atoms with Crippen molar-refractivity contribution >= 4 is 29.5 Å². The molecule has 5 nitrogen and oxygen atoms in total. The molecule has 1 saturated heterocycles. The van der Waals surface area contributed by atoms with E-state index in [1.165, 1.54) is 11.3 Å². The summed E-state index contributed by atoms with van der Waals surface area (Å²) in [6, 6.07) is 6.05. The first kappa shape index (κ1) is 18.1. The lowest BCUT2D eigenvalue weighted by molar-refractivity contribution is -0.120. The number of thiazole rings is 1. The number of carbonyl (C=O) groups is 1. The number of carbonyl (C=O) groups excluding carboxylic acids is 1. The maximum Gasteiger partial charge on any atom is 0.225 e. The number of H-pyrrole nitrogens is 1. The van der Waals surface area contributed by atoms with E-state index in [1.807, 2.05) is 32.0 Å². The molecule has 0 bridgehead atoms. The first-order valence-corrected chi connectivity index (χ1v) is 9.53. The van der Waals surface area contributed by atoms with Gasteiger partial charge in [0.1, 0.15) is 11.9 Å².